The summed E-state index contributed by atoms with van der Waals surface area (Å²) in [7, 11) is 0. The summed E-state index contributed by atoms with van der Waals surface area (Å²) < 4.78 is 10.7. The summed E-state index contributed by atoms with van der Waals surface area (Å²) in [5, 5.41) is 2.95. The minimum atomic E-state index is -0.167. The first-order chi connectivity index (χ1) is 15.6. The van der Waals surface area contributed by atoms with Gasteiger partial charge in [-0.1, -0.05) is 12.1 Å². The van der Waals surface area contributed by atoms with Crippen molar-refractivity contribution in [1.82, 2.24) is 4.90 Å². The number of fused-ring (bicyclic) bond motifs is 1. The Hall–Kier alpha value is -3.55. The molecule has 3 heterocycles. The summed E-state index contributed by atoms with van der Waals surface area (Å²) in [6.45, 7) is 1.83. The van der Waals surface area contributed by atoms with Crippen LogP contribution in [0.4, 0.5) is 11.4 Å². The molecule has 3 aliphatic rings. The standard InChI is InChI=1S/C24H25N3O5/c28-22-6-3-11-27(22)19-5-2-1-4-18(19)24(30)26-12-9-16(10-13-26)23(29)25-17-7-8-20-21(14-17)32-15-31-20/h1-2,4-5,7-8,14,16H,3,6,9-13,15H2,(H,25,29). The van der Waals surface area contributed by atoms with Crippen molar-refractivity contribution < 1.29 is 23.9 Å². The fraction of sp³-hybridized carbons (Fsp3) is 0.375. The molecule has 8 nitrogen and oxygen atoms in total. The summed E-state index contributed by atoms with van der Waals surface area (Å²) in [6.07, 6.45) is 2.51. The van der Waals surface area contributed by atoms with Gasteiger partial charge in [-0.05, 0) is 43.5 Å². The summed E-state index contributed by atoms with van der Waals surface area (Å²) >= 11 is 0. The Bertz CT molecular complexity index is 1060. The van der Waals surface area contributed by atoms with E-state index in [-0.39, 0.29) is 30.4 Å². The van der Waals surface area contributed by atoms with Crippen molar-refractivity contribution in [2.75, 3.05) is 36.6 Å². The predicted molar refractivity (Wildman–Crippen MR) is 118 cm³/mol. The van der Waals surface area contributed by atoms with Crippen LogP contribution in [0.1, 0.15) is 36.0 Å². The summed E-state index contributed by atoms with van der Waals surface area (Å²) in [5.41, 5.74) is 1.90. The fourth-order valence-electron chi connectivity index (χ4n) is 4.53. The zero-order valence-electron chi connectivity index (χ0n) is 17.7. The molecule has 5 rings (SSSR count). The Balaban J connectivity index is 1.21. The number of benzene rings is 2. The number of hydrogen-bond donors (Lipinski definition) is 1. The van der Waals surface area contributed by atoms with Gasteiger partial charge in [0.2, 0.25) is 18.6 Å². The van der Waals surface area contributed by atoms with E-state index in [0.29, 0.717) is 67.3 Å². The van der Waals surface area contributed by atoms with Crippen molar-refractivity contribution in [3.63, 3.8) is 0 Å². The van der Waals surface area contributed by atoms with Gasteiger partial charge in [0.1, 0.15) is 0 Å². The average Bonchev–Trinajstić information content (AvgIpc) is 3.47. The highest BCUT2D eigenvalue weighted by Gasteiger charge is 2.31. The molecule has 0 spiro atoms. The monoisotopic (exact) mass is 435 g/mol. The third-order valence-electron chi connectivity index (χ3n) is 6.29. The second-order valence-electron chi connectivity index (χ2n) is 8.29. The predicted octanol–water partition coefficient (Wildman–Crippen LogP) is 3.03. The number of nitrogens with zero attached hydrogens (tertiary/aromatic N) is 2. The van der Waals surface area contributed by atoms with Crippen LogP contribution in [0.3, 0.4) is 0 Å². The average molecular weight is 435 g/mol. The zero-order valence-corrected chi connectivity index (χ0v) is 17.7. The maximum atomic E-state index is 13.2. The van der Waals surface area contributed by atoms with E-state index in [1.807, 2.05) is 18.2 Å². The largest absolute Gasteiger partial charge is 0.454 e. The van der Waals surface area contributed by atoms with Crippen molar-refractivity contribution in [2.24, 2.45) is 5.92 Å². The molecule has 0 atom stereocenters. The molecule has 8 heteroatoms. The van der Waals surface area contributed by atoms with Crippen molar-refractivity contribution in [2.45, 2.75) is 25.7 Å². The quantitative estimate of drug-likeness (QED) is 0.798. The van der Waals surface area contributed by atoms with E-state index in [1.165, 1.54) is 0 Å². The first kappa shape index (κ1) is 20.4. The van der Waals surface area contributed by atoms with Gasteiger partial charge in [-0.25, -0.2) is 0 Å². The summed E-state index contributed by atoms with van der Waals surface area (Å²) in [6, 6.07) is 12.6. The van der Waals surface area contributed by atoms with Gasteiger partial charge >= 0.3 is 0 Å². The van der Waals surface area contributed by atoms with Gasteiger partial charge in [-0.3, -0.25) is 14.4 Å². The number of nitrogens with one attached hydrogen (secondary N) is 1. The number of rotatable bonds is 4. The van der Waals surface area contributed by atoms with Gasteiger partial charge in [-0.2, -0.15) is 0 Å². The Morgan fingerprint density at radius 3 is 2.53 bits per heavy atom. The van der Waals surface area contributed by atoms with E-state index in [2.05, 4.69) is 5.32 Å². The van der Waals surface area contributed by atoms with Crippen LogP contribution in [-0.4, -0.2) is 49.0 Å². The molecule has 2 aromatic rings. The number of piperidine rings is 1. The second-order valence-corrected chi connectivity index (χ2v) is 8.29. The first-order valence-corrected chi connectivity index (χ1v) is 11.0. The molecule has 32 heavy (non-hydrogen) atoms. The van der Waals surface area contributed by atoms with E-state index < -0.39 is 0 Å². The Labute approximate surface area is 186 Å². The van der Waals surface area contributed by atoms with E-state index >= 15 is 0 Å². The molecule has 2 aromatic carbocycles. The molecule has 0 bridgehead atoms. The minimum Gasteiger partial charge on any atom is -0.454 e. The lowest BCUT2D eigenvalue weighted by Crippen LogP contribution is -2.42. The van der Waals surface area contributed by atoms with Gasteiger partial charge in [0.25, 0.3) is 5.91 Å². The molecule has 0 aromatic heterocycles. The van der Waals surface area contributed by atoms with Crippen LogP contribution in [0.5, 0.6) is 11.5 Å². The summed E-state index contributed by atoms with van der Waals surface area (Å²) in [4.78, 5) is 41.7. The van der Waals surface area contributed by atoms with Crippen molar-refractivity contribution in [3.05, 3.63) is 48.0 Å². The zero-order chi connectivity index (χ0) is 22.1. The third kappa shape index (κ3) is 3.88. The molecule has 166 valence electrons. The normalized spacial score (nSPS) is 18.2. The maximum absolute atomic E-state index is 13.2. The molecule has 0 saturated carbocycles. The number of carbonyl (C=O) groups is 3. The number of hydrogen-bond acceptors (Lipinski definition) is 5. The molecule has 0 radical (unpaired) electrons. The summed E-state index contributed by atoms with van der Waals surface area (Å²) in [5.74, 6) is 1.04. The minimum absolute atomic E-state index is 0.0565. The van der Waals surface area contributed by atoms with E-state index in [0.717, 1.165) is 6.42 Å². The highest BCUT2D eigenvalue weighted by molar-refractivity contribution is 6.05. The van der Waals surface area contributed by atoms with Gasteiger partial charge in [0.05, 0.1) is 11.3 Å². The number of ether oxygens (including phenoxy) is 2. The Morgan fingerprint density at radius 1 is 0.969 bits per heavy atom. The smallest absolute Gasteiger partial charge is 0.255 e. The molecular formula is C24H25N3O5. The number of amides is 3. The first-order valence-electron chi connectivity index (χ1n) is 11.0. The van der Waals surface area contributed by atoms with Crippen LogP contribution in [0.25, 0.3) is 0 Å². The van der Waals surface area contributed by atoms with Crippen LogP contribution in [0.2, 0.25) is 0 Å². The molecule has 2 saturated heterocycles. The molecule has 2 fully saturated rings. The Kier molecular flexibility index (Phi) is 5.43. The van der Waals surface area contributed by atoms with Crippen molar-refractivity contribution in [1.29, 1.82) is 0 Å². The lowest BCUT2D eigenvalue weighted by Gasteiger charge is -2.32. The van der Waals surface area contributed by atoms with E-state index in [1.54, 1.807) is 34.1 Å². The molecule has 0 unspecified atom stereocenters. The van der Waals surface area contributed by atoms with Gasteiger partial charge in [0.15, 0.2) is 11.5 Å². The van der Waals surface area contributed by atoms with E-state index in [9.17, 15) is 14.4 Å². The van der Waals surface area contributed by atoms with Crippen molar-refractivity contribution in [3.8, 4) is 11.5 Å². The fourth-order valence-corrected chi connectivity index (χ4v) is 4.53. The number of likely N-dealkylation sites (tertiary alicyclic amines) is 1. The number of para-hydroxylation sites is 1. The van der Waals surface area contributed by atoms with Crippen LogP contribution in [0, 0.1) is 5.92 Å². The lowest BCUT2D eigenvalue weighted by molar-refractivity contribution is -0.121. The van der Waals surface area contributed by atoms with Gasteiger partial charge in [-0.15, -0.1) is 0 Å². The van der Waals surface area contributed by atoms with E-state index in [4.69, 9.17) is 9.47 Å². The molecular weight excluding hydrogens is 410 g/mol. The highest BCUT2D eigenvalue weighted by Crippen LogP contribution is 2.34. The van der Waals surface area contributed by atoms with Crippen LogP contribution >= 0.6 is 0 Å². The SMILES string of the molecule is O=C(Nc1ccc2c(c1)OCO2)C1CCN(C(=O)c2ccccc2N2CCCC2=O)CC1. The second kappa shape index (κ2) is 8.53. The number of anilines is 2. The molecule has 3 aliphatic heterocycles. The molecule has 0 aliphatic carbocycles. The highest BCUT2D eigenvalue weighted by atomic mass is 16.7. The van der Waals surface area contributed by atoms with Crippen LogP contribution in [0.15, 0.2) is 42.5 Å². The molecule has 1 N–H and O–H groups in total. The van der Waals surface area contributed by atoms with Crippen LogP contribution in [-0.2, 0) is 9.59 Å². The van der Waals surface area contributed by atoms with Crippen molar-refractivity contribution >= 4 is 29.1 Å². The maximum Gasteiger partial charge on any atom is 0.255 e. The van der Waals surface area contributed by atoms with Gasteiger partial charge < -0.3 is 24.6 Å². The third-order valence-corrected chi connectivity index (χ3v) is 6.29. The molecule has 3 amide bonds. The number of carbonyl (C=O) groups excluding carboxylic acids is 3. The van der Waals surface area contributed by atoms with Gasteiger partial charge in [0, 0.05) is 43.7 Å². The van der Waals surface area contributed by atoms with Crippen LogP contribution < -0.4 is 19.7 Å². The lowest BCUT2D eigenvalue weighted by atomic mass is 9.95. The Morgan fingerprint density at radius 2 is 1.75 bits per heavy atom. The topological polar surface area (TPSA) is 88.2 Å².